The lowest BCUT2D eigenvalue weighted by molar-refractivity contribution is -0.137. The number of nitrogens with zero attached hydrogens (tertiary/aromatic N) is 3. The van der Waals surface area contributed by atoms with Gasteiger partial charge in [0, 0.05) is 42.8 Å². The number of likely N-dealkylation sites (tertiary alicyclic amines) is 1. The van der Waals surface area contributed by atoms with Gasteiger partial charge in [-0.05, 0) is 50.4 Å². The van der Waals surface area contributed by atoms with Crippen LogP contribution in [0.5, 0.6) is 0 Å². The second-order valence-corrected chi connectivity index (χ2v) is 8.65. The van der Waals surface area contributed by atoms with Crippen LogP contribution < -0.4 is 0 Å². The number of carbonyl (C=O) groups is 2. The molecule has 2 amide bonds. The van der Waals surface area contributed by atoms with Gasteiger partial charge in [0.05, 0.1) is 0 Å². The van der Waals surface area contributed by atoms with Gasteiger partial charge in [-0.2, -0.15) is 0 Å². The molecule has 0 N–H and O–H groups in total. The second kappa shape index (κ2) is 7.80. The SMILES string of the molecule is CN1CCN(C(=O)C2CC3CCCCC3N2C(=O)c2cccc(Cl)c2)CC1. The normalized spacial score (nSPS) is 28.9. The number of hydrogen-bond acceptors (Lipinski definition) is 3. The number of piperazine rings is 1. The Morgan fingerprint density at radius 3 is 2.56 bits per heavy atom. The molecule has 2 aliphatic heterocycles. The molecule has 3 fully saturated rings. The maximum absolute atomic E-state index is 13.4. The number of hydrogen-bond donors (Lipinski definition) is 0. The summed E-state index contributed by atoms with van der Waals surface area (Å²) in [6.07, 6.45) is 5.27. The van der Waals surface area contributed by atoms with Gasteiger partial charge in [-0.1, -0.05) is 30.5 Å². The third-order valence-electron chi connectivity index (χ3n) is 6.49. The minimum Gasteiger partial charge on any atom is -0.338 e. The van der Waals surface area contributed by atoms with E-state index in [0.717, 1.165) is 51.9 Å². The first kappa shape index (κ1) is 18.8. The first-order chi connectivity index (χ1) is 13.0. The fourth-order valence-corrected chi connectivity index (χ4v) is 5.17. The molecule has 1 saturated carbocycles. The largest absolute Gasteiger partial charge is 0.338 e. The summed E-state index contributed by atoms with van der Waals surface area (Å²) in [6.45, 7) is 3.29. The third-order valence-corrected chi connectivity index (χ3v) is 6.73. The van der Waals surface area contributed by atoms with Gasteiger partial charge in [-0.25, -0.2) is 0 Å². The van der Waals surface area contributed by atoms with Crippen LogP contribution in [0.1, 0.15) is 42.5 Å². The summed E-state index contributed by atoms with van der Waals surface area (Å²) in [4.78, 5) is 32.9. The molecule has 4 rings (SSSR count). The van der Waals surface area contributed by atoms with E-state index in [1.165, 1.54) is 6.42 Å². The Hall–Kier alpha value is -1.59. The molecule has 6 heteroatoms. The average molecular weight is 390 g/mol. The minimum absolute atomic E-state index is 0.0422. The van der Waals surface area contributed by atoms with E-state index in [1.54, 1.807) is 18.2 Å². The second-order valence-electron chi connectivity index (χ2n) is 8.21. The molecule has 2 saturated heterocycles. The summed E-state index contributed by atoms with van der Waals surface area (Å²) in [6, 6.07) is 6.97. The van der Waals surface area contributed by atoms with Crippen LogP contribution in [0, 0.1) is 5.92 Å². The van der Waals surface area contributed by atoms with Crippen molar-refractivity contribution in [3.63, 3.8) is 0 Å². The zero-order chi connectivity index (χ0) is 19.0. The Bertz CT molecular complexity index is 717. The summed E-state index contributed by atoms with van der Waals surface area (Å²) in [5, 5.41) is 0.558. The first-order valence-corrected chi connectivity index (χ1v) is 10.5. The molecule has 1 aromatic rings. The molecule has 1 aliphatic carbocycles. The van der Waals surface area contributed by atoms with Crippen LogP contribution in [-0.2, 0) is 4.79 Å². The molecule has 3 aliphatic rings. The molecule has 2 heterocycles. The molecular weight excluding hydrogens is 362 g/mol. The standard InChI is InChI=1S/C21H28ClN3O2/c1-23-9-11-24(12-10-23)21(27)19-14-15-5-2-3-8-18(15)25(19)20(26)16-6-4-7-17(22)13-16/h4,6-7,13,15,18-19H,2-3,5,8-12,14H2,1H3. The van der Waals surface area contributed by atoms with E-state index in [9.17, 15) is 9.59 Å². The highest BCUT2D eigenvalue weighted by molar-refractivity contribution is 6.31. The van der Waals surface area contributed by atoms with E-state index in [4.69, 9.17) is 11.6 Å². The number of carbonyl (C=O) groups excluding carboxylic acids is 2. The van der Waals surface area contributed by atoms with Gasteiger partial charge in [-0.15, -0.1) is 0 Å². The number of fused-ring (bicyclic) bond motifs is 1. The molecule has 0 spiro atoms. The van der Waals surface area contributed by atoms with Crippen LogP contribution in [0.2, 0.25) is 5.02 Å². The molecule has 146 valence electrons. The lowest BCUT2D eigenvalue weighted by Crippen LogP contribution is -2.55. The fourth-order valence-electron chi connectivity index (χ4n) is 4.98. The third kappa shape index (κ3) is 3.72. The van der Waals surface area contributed by atoms with Crippen molar-refractivity contribution in [2.75, 3.05) is 33.2 Å². The van der Waals surface area contributed by atoms with Gasteiger partial charge < -0.3 is 14.7 Å². The summed E-state index contributed by atoms with van der Waals surface area (Å²) < 4.78 is 0. The van der Waals surface area contributed by atoms with E-state index >= 15 is 0 Å². The number of halogens is 1. The predicted octanol–water partition coefficient (Wildman–Crippen LogP) is 2.89. The molecule has 5 nitrogen and oxygen atoms in total. The van der Waals surface area contributed by atoms with E-state index < -0.39 is 0 Å². The maximum Gasteiger partial charge on any atom is 0.254 e. The molecule has 27 heavy (non-hydrogen) atoms. The lowest BCUT2D eigenvalue weighted by Gasteiger charge is -2.37. The van der Waals surface area contributed by atoms with Crippen LogP contribution in [0.15, 0.2) is 24.3 Å². The van der Waals surface area contributed by atoms with E-state index in [1.807, 2.05) is 15.9 Å². The summed E-state index contributed by atoms with van der Waals surface area (Å²) in [5.74, 6) is 0.538. The molecule has 0 bridgehead atoms. The Labute approximate surface area is 166 Å². The Kier molecular flexibility index (Phi) is 5.42. The maximum atomic E-state index is 13.4. The van der Waals surface area contributed by atoms with Crippen LogP contribution in [-0.4, -0.2) is 71.8 Å². The Balaban J connectivity index is 1.60. The lowest BCUT2D eigenvalue weighted by atomic mass is 9.84. The van der Waals surface area contributed by atoms with Crippen molar-refractivity contribution in [3.8, 4) is 0 Å². The Morgan fingerprint density at radius 1 is 1.07 bits per heavy atom. The highest BCUT2D eigenvalue weighted by atomic mass is 35.5. The molecule has 0 aromatic heterocycles. The molecule has 3 atom stereocenters. The van der Waals surface area contributed by atoms with E-state index in [0.29, 0.717) is 16.5 Å². The van der Waals surface area contributed by atoms with Crippen molar-refractivity contribution in [3.05, 3.63) is 34.9 Å². The zero-order valence-electron chi connectivity index (χ0n) is 15.9. The Morgan fingerprint density at radius 2 is 1.81 bits per heavy atom. The summed E-state index contributed by atoms with van der Waals surface area (Å²) >= 11 is 6.12. The van der Waals surface area contributed by atoms with Gasteiger partial charge in [0.25, 0.3) is 5.91 Å². The molecule has 1 aromatic carbocycles. The van der Waals surface area contributed by atoms with Crippen molar-refractivity contribution in [2.24, 2.45) is 5.92 Å². The van der Waals surface area contributed by atoms with Gasteiger partial charge in [0.15, 0.2) is 0 Å². The van der Waals surface area contributed by atoms with Crippen LogP contribution in [0.25, 0.3) is 0 Å². The van der Waals surface area contributed by atoms with E-state index in [-0.39, 0.29) is 23.9 Å². The van der Waals surface area contributed by atoms with Gasteiger partial charge in [0.1, 0.15) is 6.04 Å². The monoisotopic (exact) mass is 389 g/mol. The number of amides is 2. The molecular formula is C21H28ClN3O2. The van der Waals surface area contributed by atoms with Gasteiger partial charge >= 0.3 is 0 Å². The quantitative estimate of drug-likeness (QED) is 0.781. The van der Waals surface area contributed by atoms with E-state index in [2.05, 4.69) is 11.9 Å². The topological polar surface area (TPSA) is 43.9 Å². The van der Waals surface area contributed by atoms with Crippen molar-refractivity contribution >= 4 is 23.4 Å². The van der Waals surface area contributed by atoms with Crippen LogP contribution in [0.3, 0.4) is 0 Å². The highest BCUT2D eigenvalue weighted by Gasteiger charge is 2.48. The summed E-state index contributed by atoms with van der Waals surface area (Å²) in [7, 11) is 2.08. The van der Waals surface area contributed by atoms with Crippen molar-refractivity contribution in [1.29, 1.82) is 0 Å². The van der Waals surface area contributed by atoms with Crippen molar-refractivity contribution < 1.29 is 9.59 Å². The van der Waals surface area contributed by atoms with Crippen molar-refractivity contribution in [2.45, 2.75) is 44.2 Å². The van der Waals surface area contributed by atoms with Crippen LogP contribution in [0.4, 0.5) is 0 Å². The van der Waals surface area contributed by atoms with Crippen molar-refractivity contribution in [1.82, 2.24) is 14.7 Å². The van der Waals surface area contributed by atoms with Gasteiger partial charge in [-0.3, -0.25) is 9.59 Å². The summed E-state index contributed by atoms with van der Waals surface area (Å²) in [5.41, 5.74) is 0.588. The number of rotatable bonds is 2. The first-order valence-electron chi connectivity index (χ1n) is 10.1. The zero-order valence-corrected chi connectivity index (χ0v) is 16.7. The fraction of sp³-hybridized carbons (Fsp3) is 0.619. The predicted molar refractivity (Wildman–Crippen MR) is 106 cm³/mol. The number of benzene rings is 1. The average Bonchev–Trinajstić information content (AvgIpc) is 3.07. The minimum atomic E-state index is -0.326. The molecule has 0 radical (unpaired) electrons. The number of likely N-dealkylation sites (N-methyl/N-ethyl adjacent to an activating group) is 1. The van der Waals surface area contributed by atoms with Gasteiger partial charge in [0.2, 0.25) is 5.91 Å². The van der Waals surface area contributed by atoms with Crippen LogP contribution >= 0.6 is 11.6 Å². The molecule has 3 unspecified atom stereocenters. The highest BCUT2D eigenvalue weighted by Crippen LogP contribution is 2.41. The smallest absolute Gasteiger partial charge is 0.254 e.